The van der Waals surface area contributed by atoms with E-state index >= 15 is 0 Å². The van der Waals surface area contributed by atoms with Crippen molar-refractivity contribution in [3.63, 3.8) is 0 Å². The third kappa shape index (κ3) is 4.91. The number of ketones is 1. The Morgan fingerprint density at radius 1 is 1.18 bits per heavy atom. The number of carbonyl (C=O) groups is 2. The molecule has 0 aliphatic carbocycles. The molecular weight excluding hydrogens is 372 g/mol. The van der Waals surface area contributed by atoms with E-state index in [2.05, 4.69) is 25.9 Å². The minimum Gasteiger partial charge on any atom is -0.297 e. The Kier molecular flexibility index (Phi) is 5.92. The van der Waals surface area contributed by atoms with Crippen LogP contribution in [0, 0.1) is 5.92 Å². The van der Waals surface area contributed by atoms with Crippen molar-refractivity contribution in [1.29, 1.82) is 0 Å². The highest BCUT2D eigenvalue weighted by Crippen LogP contribution is 2.30. The molecule has 4 heterocycles. The van der Waals surface area contributed by atoms with Gasteiger partial charge in [-0.3, -0.25) is 19.5 Å². The van der Waals surface area contributed by atoms with Crippen LogP contribution in [0.3, 0.4) is 0 Å². The Balaban J connectivity index is 1.39. The van der Waals surface area contributed by atoms with Gasteiger partial charge in [0, 0.05) is 31.9 Å². The molecule has 0 amide bonds. The van der Waals surface area contributed by atoms with Crippen LogP contribution in [0.1, 0.15) is 36.5 Å². The zero-order chi connectivity index (χ0) is 19.3. The lowest BCUT2D eigenvalue weighted by Gasteiger charge is -2.32. The first-order chi connectivity index (χ1) is 13.7. The van der Waals surface area contributed by atoms with E-state index in [1.165, 1.54) is 0 Å². The Morgan fingerprint density at radius 3 is 2.89 bits per heavy atom. The van der Waals surface area contributed by atoms with Gasteiger partial charge in [-0.15, -0.1) is 0 Å². The van der Waals surface area contributed by atoms with Crippen LogP contribution >= 0.6 is 11.8 Å². The van der Waals surface area contributed by atoms with Crippen LogP contribution in [0.5, 0.6) is 0 Å². The summed E-state index contributed by atoms with van der Waals surface area (Å²) in [6.45, 7) is 2.97. The van der Waals surface area contributed by atoms with Crippen molar-refractivity contribution in [2.45, 2.75) is 32.2 Å². The first-order valence-corrected chi connectivity index (χ1v) is 10.4. The van der Waals surface area contributed by atoms with Crippen LogP contribution in [0.2, 0.25) is 0 Å². The first-order valence-electron chi connectivity index (χ1n) is 9.55. The number of hydrogen-bond donors (Lipinski definition) is 0. The van der Waals surface area contributed by atoms with Gasteiger partial charge in [0.1, 0.15) is 5.82 Å². The van der Waals surface area contributed by atoms with Crippen LogP contribution in [0.4, 0.5) is 0 Å². The van der Waals surface area contributed by atoms with E-state index in [9.17, 15) is 9.59 Å². The van der Waals surface area contributed by atoms with E-state index in [4.69, 9.17) is 0 Å². The Labute approximate surface area is 168 Å². The van der Waals surface area contributed by atoms with Gasteiger partial charge in [-0.05, 0) is 61.3 Å². The Hall–Kier alpha value is -2.38. The fourth-order valence-corrected chi connectivity index (χ4v) is 4.53. The van der Waals surface area contributed by atoms with Crippen molar-refractivity contribution >= 4 is 28.7 Å². The molecule has 2 aliphatic heterocycles. The molecular formula is C21H22N4O2S. The SMILES string of the molecule is O=C1CC(=O)/C(=C/c2ccnc(C[C@H]3CCCN(Cc4ccccn4)C3)n2)S1. The van der Waals surface area contributed by atoms with Crippen molar-refractivity contribution in [3.05, 3.63) is 58.8 Å². The average molecular weight is 395 g/mol. The van der Waals surface area contributed by atoms with E-state index in [1.54, 1.807) is 18.3 Å². The largest absolute Gasteiger partial charge is 0.297 e. The lowest BCUT2D eigenvalue weighted by Crippen LogP contribution is -2.36. The van der Waals surface area contributed by atoms with Crippen LogP contribution in [-0.4, -0.2) is 43.8 Å². The van der Waals surface area contributed by atoms with Gasteiger partial charge < -0.3 is 0 Å². The summed E-state index contributed by atoms with van der Waals surface area (Å²) in [6.07, 6.45) is 8.40. The van der Waals surface area contributed by atoms with Crippen molar-refractivity contribution < 1.29 is 9.59 Å². The second-order valence-electron chi connectivity index (χ2n) is 7.25. The summed E-state index contributed by atoms with van der Waals surface area (Å²) in [6, 6.07) is 7.81. The summed E-state index contributed by atoms with van der Waals surface area (Å²) in [5.74, 6) is 1.18. The fraction of sp³-hybridized carbons (Fsp3) is 0.381. The fourth-order valence-electron chi connectivity index (χ4n) is 3.71. The smallest absolute Gasteiger partial charge is 0.201 e. The molecule has 4 rings (SSSR count). The van der Waals surface area contributed by atoms with Gasteiger partial charge in [0.25, 0.3) is 0 Å². The number of likely N-dealkylation sites (tertiary alicyclic amines) is 1. The van der Waals surface area contributed by atoms with Crippen molar-refractivity contribution in [1.82, 2.24) is 19.9 Å². The number of pyridine rings is 1. The van der Waals surface area contributed by atoms with Gasteiger partial charge in [-0.1, -0.05) is 6.07 Å². The van der Waals surface area contributed by atoms with Gasteiger partial charge in [0.15, 0.2) is 5.78 Å². The maximum absolute atomic E-state index is 11.8. The highest BCUT2D eigenvalue weighted by molar-refractivity contribution is 8.18. The van der Waals surface area contributed by atoms with Crippen LogP contribution in [0.25, 0.3) is 6.08 Å². The summed E-state index contributed by atoms with van der Waals surface area (Å²) >= 11 is 1.01. The van der Waals surface area contributed by atoms with Crippen LogP contribution in [0.15, 0.2) is 41.6 Å². The molecule has 0 N–H and O–H groups in total. The maximum atomic E-state index is 11.8. The minimum atomic E-state index is -0.118. The van der Waals surface area contributed by atoms with Crippen molar-refractivity contribution in [3.8, 4) is 0 Å². The number of nitrogens with zero attached hydrogens (tertiary/aromatic N) is 4. The number of rotatable bonds is 5. The van der Waals surface area contributed by atoms with Crippen LogP contribution in [-0.2, 0) is 22.6 Å². The highest BCUT2D eigenvalue weighted by atomic mass is 32.2. The predicted octanol–water partition coefficient (Wildman–Crippen LogP) is 2.90. The van der Waals surface area contributed by atoms with Gasteiger partial charge in [-0.25, -0.2) is 9.97 Å². The third-order valence-electron chi connectivity index (χ3n) is 5.00. The second kappa shape index (κ2) is 8.75. The van der Waals surface area contributed by atoms with Crippen molar-refractivity contribution in [2.24, 2.45) is 5.92 Å². The third-order valence-corrected chi connectivity index (χ3v) is 5.93. The van der Waals surface area contributed by atoms with Gasteiger partial charge in [-0.2, -0.15) is 0 Å². The highest BCUT2D eigenvalue weighted by Gasteiger charge is 2.26. The van der Waals surface area contributed by atoms with Gasteiger partial charge in [0.2, 0.25) is 5.12 Å². The monoisotopic (exact) mass is 394 g/mol. The molecule has 1 atom stereocenters. The Morgan fingerprint density at radius 2 is 2.11 bits per heavy atom. The molecule has 2 aromatic rings. The number of carbonyl (C=O) groups excluding carboxylic acids is 2. The molecule has 2 aromatic heterocycles. The molecule has 7 heteroatoms. The number of thioether (sulfide) groups is 1. The average Bonchev–Trinajstić information content (AvgIpc) is 3.00. The summed E-state index contributed by atoms with van der Waals surface area (Å²) in [5.41, 5.74) is 1.79. The molecule has 6 nitrogen and oxygen atoms in total. The summed E-state index contributed by atoms with van der Waals surface area (Å²) in [7, 11) is 0. The van der Waals surface area contributed by atoms with E-state index < -0.39 is 0 Å². The Bertz CT molecular complexity index is 900. The van der Waals surface area contributed by atoms with Gasteiger partial charge >= 0.3 is 0 Å². The zero-order valence-corrected chi connectivity index (χ0v) is 16.4. The number of hydrogen-bond acceptors (Lipinski definition) is 7. The van der Waals surface area contributed by atoms with Crippen LogP contribution < -0.4 is 0 Å². The first kappa shape index (κ1) is 19.0. The normalized spacial score (nSPS) is 22.1. The molecule has 0 aromatic carbocycles. The van der Waals surface area contributed by atoms with Crippen molar-refractivity contribution in [2.75, 3.05) is 13.1 Å². The molecule has 2 saturated heterocycles. The second-order valence-corrected chi connectivity index (χ2v) is 8.35. The molecule has 0 radical (unpaired) electrons. The predicted molar refractivity (Wildman–Crippen MR) is 108 cm³/mol. The lowest BCUT2D eigenvalue weighted by atomic mass is 9.94. The minimum absolute atomic E-state index is 0.0113. The molecule has 28 heavy (non-hydrogen) atoms. The van der Waals surface area contributed by atoms with Gasteiger partial charge in [0.05, 0.1) is 22.7 Å². The molecule has 0 spiro atoms. The number of allylic oxidation sites excluding steroid dienone is 1. The molecule has 2 aliphatic rings. The number of piperidine rings is 1. The number of aromatic nitrogens is 3. The van der Waals surface area contributed by atoms with E-state index in [-0.39, 0.29) is 17.3 Å². The summed E-state index contributed by atoms with van der Waals surface area (Å²) < 4.78 is 0. The molecule has 0 saturated carbocycles. The molecule has 2 fully saturated rings. The topological polar surface area (TPSA) is 76.1 Å². The number of Topliss-reactive ketones (excluding diaryl/α,β-unsaturated/α-hetero) is 1. The summed E-state index contributed by atoms with van der Waals surface area (Å²) in [5, 5.41) is -0.0965. The van der Waals surface area contributed by atoms with E-state index in [0.29, 0.717) is 16.5 Å². The van der Waals surface area contributed by atoms with E-state index in [0.717, 1.165) is 62.2 Å². The lowest BCUT2D eigenvalue weighted by molar-refractivity contribution is -0.119. The van der Waals surface area contributed by atoms with E-state index in [1.807, 2.05) is 18.3 Å². The standard InChI is InChI=1S/C21H22N4O2S/c26-18-12-21(27)28-19(18)11-16-6-8-23-20(24-16)10-15-4-3-9-25(13-15)14-17-5-1-2-7-22-17/h1-2,5-8,11,15H,3-4,9-10,12-14H2/b19-11-/t15-/m1/s1. The maximum Gasteiger partial charge on any atom is 0.201 e. The molecule has 144 valence electrons. The quantitative estimate of drug-likeness (QED) is 0.570. The summed E-state index contributed by atoms with van der Waals surface area (Å²) in [4.78, 5) is 39.6. The molecule has 0 unspecified atom stereocenters. The molecule has 0 bridgehead atoms. The zero-order valence-electron chi connectivity index (χ0n) is 15.6.